The van der Waals surface area contributed by atoms with E-state index >= 15 is 0 Å². The number of nitrogens with zero attached hydrogens (tertiary/aromatic N) is 4. The molecule has 68 heavy (non-hydrogen) atoms. The highest BCUT2D eigenvalue weighted by molar-refractivity contribution is 7.87. The largest absolute Gasteiger partial charge is 0.744 e. The minimum Gasteiger partial charge on any atom is -0.744 e. The molecule has 0 aliphatic carbocycles. The first-order chi connectivity index (χ1) is 31.5. The summed E-state index contributed by atoms with van der Waals surface area (Å²) >= 11 is 0. The van der Waals surface area contributed by atoms with Crippen LogP contribution in [0.3, 0.4) is 0 Å². The predicted molar refractivity (Wildman–Crippen MR) is 263 cm³/mol. The molecule has 4 heterocycles. The van der Waals surface area contributed by atoms with Crippen LogP contribution >= 0.6 is 0 Å². The molecule has 0 aromatic heterocycles. The van der Waals surface area contributed by atoms with Crippen molar-refractivity contribution in [2.24, 2.45) is 0 Å². The first kappa shape index (κ1) is 58.0. The molecule has 386 valence electrons. The molecule has 4 aliphatic rings. The molecule has 4 aliphatic heterocycles. The minimum atomic E-state index is -5.40. The monoisotopic (exact) mass is 1030 g/mol. The van der Waals surface area contributed by atoms with Crippen LogP contribution in [0, 0.1) is 0 Å². The second-order valence-electron chi connectivity index (χ2n) is 20.6. The van der Waals surface area contributed by atoms with Gasteiger partial charge in [-0.2, -0.15) is 0 Å². The molecule has 0 radical (unpaired) electrons. The third-order valence-electron chi connectivity index (χ3n) is 14.5. The van der Waals surface area contributed by atoms with Gasteiger partial charge in [0.2, 0.25) is 0 Å². The van der Waals surface area contributed by atoms with Crippen molar-refractivity contribution in [2.45, 2.75) is 124 Å². The van der Waals surface area contributed by atoms with E-state index in [2.05, 4.69) is 55.9 Å². The standard InChI is InChI=1S/C16H10O12S4.4C8H18N/c17-29(18,19)11-5-13(31(23,24)25)9-3-4-10-14(32(26,27)28)6-12(30(20,21)22)8-2-1-7(11)15(9)16(8)10;4*1-3-6-9(2)7-4-5-8-9/h1-6H,(H,17,18,19)(H,20,21,22)(H,23,24,25)(H,26,27,28);4*3-8H2,1-2H3/q;4*+1/p-4. The molecule has 16 nitrogen and oxygen atoms in total. The van der Waals surface area contributed by atoms with Gasteiger partial charge in [0.05, 0.1) is 126 Å². The fourth-order valence-corrected chi connectivity index (χ4v) is 14.1. The average Bonchev–Trinajstić information content (AvgIpc) is 4.06. The van der Waals surface area contributed by atoms with Crippen molar-refractivity contribution >= 4 is 72.8 Å². The fraction of sp³-hybridized carbons (Fsp3) is 0.667. The molecule has 4 aromatic rings. The highest BCUT2D eigenvalue weighted by Gasteiger charge is 2.28. The quantitative estimate of drug-likeness (QED) is 0.0816. The van der Waals surface area contributed by atoms with E-state index in [-0.39, 0.29) is 0 Å². The summed E-state index contributed by atoms with van der Waals surface area (Å²) in [6, 6.07) is 4.27. The summed E-state index contributed by atoms with van der Waals surface area (Å²) in [5.74, 6) is 0. The molecule has 0 N–H and O–H groups in total. The molecule has 0 bridgehead atoms. The van der Waals surface area contributed by atoms with Gasteiger partial charge in [-0.15, -0.1) is 0 Å². The summed E-state index contributed by atoms with van der Waals surface area (Å²) in [6.07, 6.45) is 17.0. The van der Waals surface area contributed by atoms with Crippen LogP contribution in [0.15, 0.2) is 56.0 Å². The Bertz CT molecular complexity index is 2390. The van der Waals surface area contributed by atoms with Crippen LogP contribution in [0.4, 0.5) is 0 Å². The van der Waals surface area contributed by atoms with Crippen molar-refractivity contribution in [2.75, 3.05) is 107 Å². The van der Waals surface area contributed by atoms with Crippen molar-refractivity contribution in [3.8, 4) is 0 Å². The maximum Gasteiger partial charge on any atom is 0.125 e. The van der Waals surface area contributed by atoms with Crippen LogP contribution in [0.5, 0.6) is 0 Å². The van der Waals surface area contributed by atoms with Gasteiger partial charge >= 0.3 is 0 Å². The highest BCUT2D eigenvalue weighted by atomic mass is 32.2. The zero-order chi connectivity index (χ0) is 51.0. The Morgan fingerprint density at radius 1 is 0.353 bits per heavy atom. The minimum absolute atomic E-state index is 0.336. The first-order valence-corrected chi connectivity index (χ1v) is 30.1. The summed E-state index contributed by atoms with van der Waals surface area (Å²) in [7, 11) is -12.1. The van der Waals surface area contributed by atoms with E-state index in [9.17, 15) is 51.9 Å². The summed E-state index contributed by atoms with van der Waals surface area (Å²) in [5, 5.41) is -2.90. The molecule has 20 heteroatoms. The molecule has 4 saturated heterocycles. The van der Waals surface area contributed by atoms with Gasteiger partial charge in [-0.05, 0) is 48.6 Å². The first-order valence-electron chi connectivity index (χ1n) is 24.5. The Hall–Kier alpha value is -2.60. The summed E-state index contributed by atoms with van der Waals surface area (Å²) in [5.41, 5.74) is 0. The molecular weight excluding hydrogens is 953 g/mol. The van der Waals surface area contributed by atoms with Crippen molar-refractivity contribution in [1.29, 1.82) is 0 Å². The maximum atomic E-state index is 11.8. The topological polar surface area (TPSA) is 229 Å². The molecule has 0 spiro atoms. The average molecular weight is 1030 g/mol. The van der Waals surface area contributed by atoms with E-state index in [1.165, 1.54) is 174 Å². The number of hydrogen-bond donors (Lipinski definition) is 0. The van der Waals surface area contributed by atoms with Crippen molar-refractivity contribution in [1.82, 2.24) is 0 Å². The van der Waals surface area contributed by atoms with Crippen molar-refractivity contribution in [3.63, 3.8) is 0 Å². The lowest BCUT2D eigenvalue weighted by molar-refractivity contribution is -0.897. The lowest BCUT2D eigenvalue weighted by Gasteiger charge is -2.28. The SMILES string of the molecule is CCC[N+]1(C)CCCC1.CCC[N+]1(C)CCCC1.CCC[N+]1(C)CCCC1.CCC[N+]1(C)CCCC1.O=S(=O)([O-])c1cc(S(=O)(=O)[O-])c2ccc3c(S(=O)(=O)[O-])cc(S(=O)(=O)[O-])c4ccc1c2c43. The lowest BCUT2D eigenvalue weighted by atomic mass is 9.94. The Morgan fingerprint density at radius 3 is 0.647 bits per heavy atom. The van der Waals surface area contributed by atoms with Crippen LogP contribution in [0.25, 0.3) is 32.3 Å². The molecule has 0 amide bonds. The van der Waals surface area contributed by atoms with Gasteiger partial charge in [0.1, 0.15) is 40.5 Å². The van der Waals surface area contributed by atoms with Crippen LogP contribution < -0.4 is 0 Å². The number of benzene rings is 4. The van der Waals surface area contributed by atoms with Gasteiger partial charge < -0.3 is 36.1 Å². The summed E-state index contributed by atoms with van der Waals surface area (Å²) in [4.78, 5) is -4.63. The van der Waals surface area contributed by atoms with Crippen LogP contribution in [-0.2, 0) is 40.5 Å². The summed E-state index contributed by atoms with van der Waals surface area (Å²) < 4.78 is 147. The van der Waals surface area contributed by atoms with E-state index in [0.29, 0.717) is 12.1 Å². The highest BCUT2D eigenvalue weighted by Crippen LogP contribution is 2.44. The third-order valence-corrected chi connectivity index (χ3v) is 18.0. The van der Waals surface area contributed by atoms with Crippen molar-refractivity contribution < 1.29 is 69.8 Å². The van der Waals surface area contributed by atoms with Crippen LogP contribution in [0.1, 0.15) is 105 Å². The van der Waals surface area contributed by atoms with E-state index in [4.69, 9.17) is 0 Å². The molecule has 4 aromatic carbocycles. The Labute approximate surface area is 408 Å². The maximum absolute atomic E-state index is 11.8. The number of hydrogen-bond acceptors (Lipinski definition) is 12. The Morgan fingerprint density at radius 2 is 0.515 bits per heavy atom. The number of rotatable bonds is 12. The second-order valence-corrected chi connectivity index (χ2v) is 26.0. The van der Waals surface area contributed by atoms with Gasteiger partial charge in [0.25, 0.3) is 0 Å². The van der Waals surface area contributed by atoms with Gasteiger partial charge in [-0.1, -0.05) is 52.0 Å². The Balaban J connectivity index is 0.000000225. The Kier molecular flexibility index (Phi) is 19.9. The van der Waals surface area contributed by atoms with E-state index in [1.54, 1.807) is 0 Å². The van der Waals surface area contributed by atoms with E-state index < -0.39 is 92.4 Å². The normalized spacial score (nSPS) is 19.6. The van der Waals surface area contributed by atoms with Gasteiger partial charge in [-0.25, -0.2) is 33.7 Å². The molecule has 0 saturated carbocycles. The van der Waals surface area contributed by atoms with Crippen molar-refractivity contribution in [3.05, 3.63) is 36.4 Å². The zero-order valence-electron chi connectivity index (χ0n) is 41.8. The van der Waals surface area contributed by atoms with Gasteiger partial charge in [0, 0.05) is 72.9 Å². The smallest absolute Gasteiger partial charge is 0.125 e. The molecule has 8 rings (SSSR count). The van der Waals surface area contributed by atoms with E-state index in [1.807, 2.05) is 0 Å². The van der Waals surface area contributed by atoms with E-state index in [0.717, 1.165) is 24.3 Å². The van der Waals surface area contributed by atoms with Crippen LogP contribution in [0.2, 0.25) is 0 Å². The molecule has 4 fully saturated rings. The third kappa shape index (κ3) is 15.2. The van der Waals surface area contributed by atoms with Gasteiger partial charge in [0.15, 0.2) is 0 Å². The lowest BCUT2D eigenvalue weighted by Crippen LogP contribution is -2.41. The zero-order valence-corrected chi connectivity index (χ0v) is 45.0. The second kappa shape index (κ2) is 23.3. The molecular formula is C48H78N4O12S4. The van der Waals surface area contributed by atoms with Gasteiger partial charge in [-0.3, -0.25) is 0 Å². The van der Waals surface area contributed by atoms with Crippen LogP contribution in [-0.4, -0.2) is 177 Å². The number of likely N-dealkylation sites (tertiary alicyclic amines) is 4. The predicted octanol–water partition coefficient (Wildman–Crippen LogP) is 6.75. The molecule has 0 unspecified atom stereocenters. The number of quaternary nitrogens is 4. The summed E-state index contributed by atoms with van der Waals surface area (Å²) in [6.45, 7) is 26.1. The molecule has 0 atom stereocenters. The fourth-order valence-electron chi connectivity index (χ4n) is 11.1.